The predicted molar refractivity (Wildman–Crippen MR) is 94.7 cm³/mol. The van der Waals surface area contributed by atoms with Gasteiger partial charge in [-0.05, 0) is 24.3 Å². The van der Waals surface area contributed by atoms with Crippen LogP contribution < -0.4 is 5.32 Å². The van der Waals surface area contributed by atoms with E-state index in [0.29, 0.717) is 18.5 Å². The van der Waals surface area contributed by atoms with E-state index in [9.17, 15) is 14.4 Å². The van der Waals surface area contributed by atoms with Gasteiger partial charge in [0.25, 0.3) is 0 Å². The highest BCUT2D eigenvalue weighted by molar-refractivity contribution is 6.10. The summed E-state index contributed by atoms with van der Waals surface area (Å²) >= 11 is 0. The van der Waals surface area contributed by atoms with Gasteiger partial charge in [-0.15, -0.1) is 0 Å². The molecule has 4 rings (SSSR count). The number of benzene rings is 2. The SMILES string of the molecule is O=C(CN1C(=O)C2CC=CCC2C1=O)Nc1cccc2ccccc12. The van der Waals surface area contributed by atoms with Gasteiger partial charge in [-0.3, -0.25) is 19.3 Å². The van der Waals surface area contributed by atoms with Crippen molar-refractivity contribution in [3.05, 3.63) is 54.6 Å². The standard InChI is InChI=1S/C20H18N2O3/c23-18(21-17-11-5-7-13-6-1-2-8-14(13)17)12-22-19(24)15-9-3-4-10-16(15)20(22)25/h1-8,11,15-16H,9-10,12H2,(H,21,23). The summed E-state index contributed by atoms with van der Waals surface area (Å²) < 4.78 is 0. The number of hydrogen-bond donors (Lipinski definition) is 1. The minimum absolute atomic E-state index is 0.228. The summed E-state index contributed by atoms with van der Waals surface area (Å²) in [6.45, 7) is -0.228. The lowest BCUT2D eigenvalue weighted by Gasteiger charge is -2.15. The maximum absolute atomic E-state index is 12.4. The molecule has 0 radical (unpaired) electrons. The topological polar surface area (TPSA) is 66.5 Å². The fourth-order valence-electron chi connectivity index (χ4n) is 3.69. The number of anilines is 1. The van der Waals surface area contributed by atoms with Crippen molar-refractivity contribution in [1.29, 1.82) is 0 Å². The Balaban J connectivity index is 1.51. The molecule has 2 aliphatic rings. The molecule has 1 heterocycles. The zero-order chi connectivity index (χ0) is 17.4. The van der Waals surface area contributed by atoms with E-state index in [4.69, 9.17) is 0 Å². The molecular weight excluding hydrogens is 316 g/mol. The Hall–Kier alpha value is -2.95. The summed E-state index contributed by atoms with van der Waals surface area (Å²) in [5, 5.41) is 4.78. The van der Waals surface area contributed by atoms with E-state index in [1.807, 2.05) is 54.6 Å². The van der Waals surface area contributed by atoms with Gasteiger partial charge in [0.15, 0.2) is 0 Å². The van der Waals surface area contributed by atoms with Crippen molar-refractivity contribution in [3.8, 4) is 0 Å². The number of carbonyl (C=O) groups is 3. The van der Waals surface area contributed by atoms with Crippen LogP contribution in [0.3, 0.4) is 0 Å². The molecule has 2 unspecified atom stereocenters. The molecule has 0 bridgehead atoms. The van der Waals surface area contributed by atoms with Gasteiger partial charge in [-0.2, -0.15) is 0 Å². The number of nitrogens with one attached hydrogen (secondary N) is 1. The Bertz CT molecular complexity index is 871. The second kappa shape index (κ2) is 6.16. The Morgan fingerprint density at radius 3 is 2.32 bits per heavy atom. The van der Waals surface area contributed by atoms with E-state index >= 15 is 0 Å². The van der Waals surface area contributed by atoms with Gasteiger partial charge in [-0.1, -0.05) is 48.6 Å². The minimum atomic E-state index is -0.357. The average molecular weight is 334 g/mol. The maximum Gasteiger partial charge on any atom is 0.244 e. The highest BCUT2D eigenvalue weighted by atomic mass is 16.2. The molecule has 25 heavy (non-hydrogen) atoms. The lowest BCUT2D eigenvalue weighted by molar-refractivity contribution is -0.142. The summed E-state index contributed by atoms with van der Waals surface area (Å²) in [4.78, 5) is 38.4. The summed E-state index contributed by atoms with van der Waals surface area (Å²) in [5.41, 5.74) is 0.682. The largest absolute Gasteiger partial charge is 0.324 e. The van der Waals surface area contributed by atoms with E-state index < -0.39 is 0 Å². The second-order valence-electron chi connectivity index (χ2n) is 6.49. The lowest BCUT2D eigenvalue weighted by Crippen LogP contribution is -2.38. The normalized spacial score (nSPS) is 22.3. The average Bonchev–Trinajstić information content (AvgIpc) is 2.87. The second-order valence-corrected chi connectivity index (χ2v) is 6.49. The van der Waals surface area contributed by atoms with Gasteiger partial charge in [-0.25, -0.2) is 0 Å². The zero-order valence-electron chi connectivity index (χ0n) is 13.6. The molecule has 1 aliphatic carbocycles. The van der Waals surface area contributed by atoms with Crippen LogP contribution in [0.2, 0.25) is 0 Å². The van der Waals surface area contributed by atoms with E-state index in [0.717, 1.165) is 15.7 Å². The third kappa shape index (κ3) is 2.71. The first-order chi connectivity index (χ1) is 12.1. The number of allylic oxidation sites excluding steroid dienone is 2. The first-order valence-electron chi connectivity index (χ1n) is 8.43. The van der Waals surface area contributed by atoms with Crippen LogP contribution in [0, 0.1) is 11.8 Å². The minimum Gasteiger partial charge on any atom is -0.324 e. The predicted octanol–water partition coefficient (Wildman–Crippen LogP) is 2.73. The molecule has 5 nitrogen and oxygen atoms in total. The molecule has 126 valence electrons. The van der Waals surface area contributed by atoms with Gasteiger partial charge >= 0.3 is 0 Å². The molecule has 2 aromatic carbocycles. The van der Waals surface area contributed by atoms with Crippen LogP contribution in [0.15, 0.2) is 54.6 Å². The van der Waals surface area contributed by atoms with E-state index in [1.165, 1.54) is 0 Å². The highest BCUT2D eigenvalue weighted by Crippen LogP contribution is 2.35. The Labute approximate surface area is 145 Å². The summed E-state index contributed by atoms with van der Waals surface area (Å²) in [7, 11) is 0. The van der Waals surface area contributed by atoms with Crippen molar-refractivity contribution >= 4 is 34.2 Å². The van der Waals surface area contributed by atoms with Crippen LogP contribution in [0.4, 0.5) is 5.69 Å². The Kier molecular flexibility index (Phi) is 3.84. The van der Waals surface area contributed by atoms with Crippen LogP contribution in [0.5, 0.6) is 0 Å². The highest BCUT2D eigenvalue weighted by Gasteiger charge is 2.47. The van der Waals surface area contributed by atoms with Crippen molar-refractivity contribution in [2.75, 3.05) is 11.9 Å². The molecular formula is C20H18N2O3. The van der Waals surface area contributed by atoms with Crippen LogP contribution in [0.25, 0.3) is 10.8 Å². The number of imide groups is 1. The van der Waals surface area contributed by atoms with Crippen molar-refractivity contribution in [3.63, 3.8) is 0 Å². The molecule has 1 fully saturated rings. The summed E-state index contributed by atoms with van der Waals surface area (Å²) in [6.07, 6.45) is 5.03. The lowest BCUT2D eigenvalue weighted by atomic mass is 9.85. The molecule has 0 aromatic heterocycles. The Morgan fingerprint density at radius 2 is 1.60 bits per heavy atom. The third-order valence-corrected chi connectivity index (χ3v) is 4.96. The fourth-order valence-corrected chi connectivity index (χ4v) is 3.69. The summed E-state index contributed by atoms with van der Waals surface area (Å²) in [5.74, 6) is -1.42. The van der Waals surface area contributed by atoms with Crippen molar-refractivity contribution < 1.29 is 14.4 Å². The monoisotopic (exact) mass is 334 g/mol. The molecule has 0 saturated carbocycles. The molecule has 1 saturated heterocycles. The van der Waals surface area contributed by atoms with Gasteiger partial charge in [0, 0.05) is 11.1 Å². The zero-order valence-corrected chi connectivity index (χ0v) is 13.6. The molecule has 1 N–H and O–H groups in total. The van der Waals surface area contributed by atoms with Crippen molar-refractivity contribution in [1.82, 2.24) is 4.90 Å². The molecule has 5 heteroatoms. The van der Waals surface area contributed by atoms with E-state index in [1.54, 1.807) is 0 Å². The van der Waals surface area contributed by atoms with E-state index in [2.05, 4.69) is 5.32 Å². The van der Waals surface area contributed by atoms with Gasteiger partial charge in [0.1, 0.15) is 6.54 Å². The number of fused-ring (bicyclic) bond motifs is 2. The number of carbonyl (C=O) groups excluding carboxylic acids is 3. The van der Waals surface area contributed by atoms with Crippen LogP contribution >= 0.6 is 0 Å². The Morgan fingerprint density at radius 1 is 0.960 bits per heavy atom. The number of amides is 3. The van der Waals surface area contributed by atoms with Crippen LogP contribution in [0.1, 0.15) is 12.8 Å². The molecule has 2 atom stereocenters. The molecule has 0 spiro atoms. The number of rotatable bonds is 3. The smallest absolute Gasteiger partial charge is 0.244 e. The quantitative estimate of drug-likeness (QED) is 0.693. The van der Waals surface area contributed by atoms with Crippen molar-refractivity contribution in [2.24, 2.45) is 11.8 Å². The van der Waals surface area contributed by atoms with Crippen LogP contribution in [-0.2, 0) is 14.4 Å². The summed E-state index contributed by atoms with van der Waals surface area (Å²) in [6, 6.07) is 13.4. The fraction of sp³-hybridized carbons (Fsp3) is 0.250. The van der Waals surface area contributed by atoms with Crippen molar-refractivity contribution in [2.45, 2.75) is 12.8 Å². The van der Waals surface area contributed by atoms with Gasteiger partial charge < -0.3 is 5.32 Å². The maximum atomic E-state index is 12.4. The number of hydrogen-bond acceptors (Lipinski definition) is 3. The molecule has 3 amide bonds. The number of nitrogens with zero attached hydrogens (tertiary/aromatic N) is 1. The molecule has 1 aliphatic heterocycles. The first kappa shape index (κ1) is 15.6. The van der Waals surface area contributed by atoms with Gasteiger partial charge in [0.05, 0.1) is 11.8 Å². The number of likely N-dealkylation sites (tertiary alicyclic amines) is 1. The van der Waals surface area contributed by atoms with E-state index in [-0.39, 0.29) is 36.1 Å². The first-order valence-corrected chi connectivity index (χ1v) is 8.43. The third-order valence-electron chi connectivity index (χ3n) is 4.96. The van der Waals surface area contributed by atoms with Gasteiger partial charge in [0.2, 0.25) is 17.7 Å². The molecule has 2 aromatic rings. The van der Waals surface area contributed by atoms with Crippen LogP contribution in [-0.4, -0.2) is 29.2 Å².